The number of hydrogen-bond donors (Lipinski definition) is 0. The lowest BCUT2D eigenvalue weighted by atomic mass is 10.2. The zero-order valence-corrected chi connectivity index (χ0v) is 13.4. The smallest absolute Gasteiger partial charge is 0.115 e. The molecule has 0 spiro atoms. The summed E-state index contributed by atoms with van der Waals surface area (Å²) in [5.74, 6) is 1.41. The molecule has 0 atom stereocenters. The maximum absolute atomic E-state index is 9.10. The predicted molar refractivity (Wildman–Crippen MR) is 87.9 cm³/mol. The first-order valence-corrected chi connectivity index (χ1v) is 7.79. The van der Waals surface area contributed by atoms with Crippen LogP contribution < -0.4 is 0 Å². The molecule has 104 valence electrons. The van der Waals surface area contributed by atoms with E-state index in [9.17, 15) is 0 Å². The molecule has 0 amide bonds. The second kappa shape index (κ2) is 5.88. The number of aryl methyl sites for hydroxylation is 1. The van der Waals surface area contributed by atoms with Crippen LogP contribution in [0.15, 0.2) is 46.9 Å². The van der Waals surface area contributed by atoms with Crippen LogP contribution in [0.25, 0.3) is 16.7 Å². The summed E-state index contributed by atoms with van der Waals surface area (Å²) in [7, 11) is 0. The predicted octanol–water partition coefficient (Wildman–Crippen LogP) is 4.44. The Bertz CT molecular complexity index is 831. The van der Waals surface area contributed by atoms with Crippen LogP contribution in [0.2, 0.25) is 0 Å². The van der Waals surface area contributed by atoms with Crippen LogP contribution in [-0.4, -0.2) is 15.4 Å². The van der Waals surface area contributed by atoms with Crippen molar-refractivity contribution in [2.75, 3.05) is 5.88 Å². The van der Waals surface area contributed by atoms with Crippen molar-refractivity contribution >= 4 is 38.6 Å². The molecule has 2 aromatic carbocycles. The lowest BCUT2D eigenvalue weighted by molar-refractivity contribution is 0.912. The van der Waals surface area contributed by atoms with E-state index < -0.39 is 0 Å². The summed E-state index contributed by atoms with van der Waals surface area (Å²) in [6.07, 6.45) is 0.675. The molecule has 3 rings (SSSR count). The Labute approximate surface area is 135 Å². The summed E-state index contributed by atoms with van der Waals surface area (Å²) in [5, 5.41) is 9.10. The van der Waals surface area contributed by atoms with Crippen LogP contribution in [0.4, 0.5) is 0 Å². The molecule has 3 nitrogen and oxygen atoms in total. The first-order valence-electron chi connectivity index (χ1n) is 6.46. The highest BCUT2D eigenvalue weighted by molar-refractivity contribution is 9.10. The highest BCUT2D eigenvalue weighted by Crippen LogP contribution is 2.24. The van der Waals surface area contributed by atoms with Gasteiger partial charge in [0.25, 0.3) is 0 Å². The summed E-state index contributed by atoms with van der Waals surface area (Å²) in [5.41, 5.74) is 3.43. The number of imidazole rings is 1. The number of nitrogens with zero attached hydrogens (tertiary/aromatic N) is 3. The molecule has 1 heterocycles. The van der Waals surface area contributed by atoms with Crippen molar-refractivity contribution in [3.8, 4) is 11.8 Å². The van der Waals surface area contributed by atoms with Gasteiger partial charge in [-0.1, -0.05) is 15.9 Å². The van der Waals surface area contributed by atoms with Gasteiger partial charge in [-0.2, -0.15) is 5.26 Å². The van der Waals surface area contributed by atoms with Crippen molar-refractivity contribution in [3.05, 3.63) is 58.3 Å². The zero-order valence-electron chi connectivity index (χ0n) is 11.1. The van der Waals surface area contributed by atoms with Gasteiger partial charge in [0.05, 0.1) is 22.7 Å². The van der Waals surface area contributed by atoms with Gasteiger partial charge in [0.15, 0.2) is 0 Å². The fourth-order valence-corrected chi connectivity index (χ4v) is 2.76. The monoisotopic (exact) mass is 359 g/mol. The SMILES string of the molecule is N#Cc1ccc2nc(CCCl)n(-c3ccc(Br)cc3)c2c1. The second-order valence-corrected chi connectivity index (χ2v) is 5.89. The molecule has 3 aromatic rings. The van der Waals surface area contributed by atoms with Gasteiger partial charge in [-0.25, -0.2) is 4.98 Å². The molecule has 0 fully saturated rings. The van der Waals surface area contributed by atoms with Gasteiger partial charge in [-0.05, 0) is 42.5 Å². The van der Waals surface area contributed by atoms with Crippen molar-refractivity contribution in [1.82, 2.24) is 9.55 Å². The number of alkyl halides is 1. The minimum atomic E-state index is 0.505. The Morgan fingerprint density at radius 2 is 1.95 bits per heavy atom. The maximum atomic E-state index is 9.10. The molecule has 0 bridgehead atoms. The van der Waals surface area contributed by atoms with Gasteiger partial charge >= 0.3 is 0 Å². The normalized spacial score (nSPS) is 10.7. The Kier molecular flexibility index (Phi) is 3.96. The number of halogens is 2. The molecule has 0 saturated carbocycles. The fraction of sp³-hybridized carbons (Fsp3) is 0.125. The summed E-state index contributed by atoms with van der Waals surface area (Å²) in [6.45, 7) is 0. The standard InChI is InChI=1S/C16H11BrClN3/c17-12-2-4-13(5-3-12)21-15-9-11(10-19)1-6-14(15)20-16(21)7-8-18/h1-6,9H,7-8H2. The van der Waals surface area contributed by atoms with E-state index in [1.54, 1.807) is 6.07 Å². The molecule has 5 heteroatoms. The highest BCUT2D eigenvalue weighted by Gasteiger charge is 2.12. The first-order chi connectivity index (χ1) is 10.2. The number of benzene rings is 2. The molecular formula is C16H11BrClN3. The Morgan fingerprint density at radius 3 is 2.62 bits per heavy atom. The van der Waals surface area contributed by atoms with Gasteiger partial charge in [0, 0.05) is 22.5 Å². The summed E-state index contributed by atoms with van der Waals surface area (Å²) < 4.78 is 3.08. The van der Waals surface area contributed by atoms with E-state index >= 15 is 0 Å². The number of fused-ring (bicyclic) bond motifs is 1. The Morgan fingerprint density at radius 1 is 1.19 bits per heavy atom. The number of nitriles is 1. The highest BCUT2D eigenvalue weighted by atomic mass is 79.9. The summed E-state index contributed by atoms with van der Waals surface area (Å²) >= 11 is 9.34. The molecule has 0 aliphatic heterocycles. The topological polar surface area (TPSA) is 41.6 Å². The van der Waals surface area contributed by atoms with E-state index in [1.165, 1.54) is 0 Å². The Hall–Kier alpha value is -1.83. The molecule has 1 aromatic heterocycles. The molecule has 0 aliphatic carbocycles. The minimum absolute atomic E-state index is 0.505. The Balaban J connectivity index is 2.28. The first kappa shape index (κ1) is 14.1. The molecule has 0 aliphatic rings. The van der Waals surface area contributed by atoms with Gasteiger partial charge in [-0.15, -0.1) is 11.6 Å². The minimum Gasteiger partial charge on any atom is -0.296 e. The summed E-state index contributed by atoms with van der Waals surface area (Å²) in [4.78, 5) is 4.63. The van der Waals surface area contributed by atoms with Crippen molar-refractivity contribution < 1.29 is 0 Å². The maximum Gasteiger partial charge on any atom is 0.115 e. The lowest BCUT2D eigenvalue weighted by Crippen LogP contribution is -2.02. The third-order valence-corrected chi connectivity index (χ3v) is 3.97. The number of aromatic nitrogens is 2. The van der Waals surface area contributed by atoms with Crippen LogP contribution in [0, 0.1) is 11.3 Å². The average molecular weight is 361 g/mol. The third-order valence-electron chi connectivity index (χ3n) is 3.26. The van der Waals surface area contributed by atoms with E-state index in [2.05, 4.69) is 31.6 Å². The van der Waals surface area contributed by atoms with Crippen molar-refractivity contribution in [2.45, 2.75) is 6.42 Å². The average Bonchev–Trinajstić information content (AvgIpc) is 2.85. The number of rotatable bonds is 3. The van der Waals surface area contributed by atoms with E-state index in [0.29, 0.717) is 17.9 Å². The van der Waals surface area contributed by atoms with E-state index in [0.717, 1.165) is 27.0 Å². The van der Waals surface area contributed by atoms with E-state index in [-0.39, 0.29) is 0 Å². The molecular weight excluding hydrogens is 350 g/mol. The quantitative estimate of drug-likeness (QED) is 0.648. The van der Waals surface area contributed by atoms with Gasteiger partial charge in [0.2, 0.25) is 0 Å². The largest absolute Gasteiger partial charge is 0.296 e. The van der Waals surface area contributed by atoms with Crippen LogP contribution in [-0.2, 0) is 6.42 Å². The van der Waals surface area contributed by atoms with Crippen molar-refractivity contribution in [2.24, 2.45) is 0 Å². The number of hydrogen-bond acceptors (Lipinski definition) is 2. The third kappa shape index (κ3) is 2.67. The molecule has 0 radical (unpaired) electrons. The molecule has 0 saturated heterocycles. The van der Waals surface area contributed by atoms with Crippen LogP contribution in [0.3, 0.4) is 0 Å². The lowest BCUT2D eigenvalue weighted by Gasteiger charge is -2.08. The zero-order chi connectivity index (χ0) is 14.8. The van der Waals surface area contributed by atoms with Gasteiger partial charge in [0.1, 0.15) is 5.82 Å². The van der Waals surface area contributed by atoms with E-state index in [1.807, 2.05) is 36.4 Å². The van der Waals surface area contributed by atoms with Crippen molar-refractivity contribution in [1.29, 1.82) is 5.26 Å². The molecule has 0 unspecified atom stereocenters. The van der Waals surface area contributed by atoms with Crippen molar-refractivity contribution in [3.63, 3.8) is 0 Å². The van der Waals surface area contributed by atoms with Gasteiger partial charge < -0.3 is 0 Å². The van der Waals surface area contributed by atoms with E-state index in [4.69, 9.17) is 16.9 Å². The van der Waals surface area contributed by atoms with Crippen LogP contribution in [0.5, 0.6) is 0 Å². The second-order valence-electron chi connectivity index (χ2n) is 4.59. The molecule has 21 heavy (non-hydrogen) atoms. The molecule has 0 N–H and O–H groups in total. The summed E-state index contributed by atoms with van der Waals surface area (Å²) in [6, 6.07) is 15.7. The van der Waals surface area contributed by atoms with Gasteiger partial charge in [-0.3, -0.25) is 4.57 Å². The van der Waals surface area contributed by atoms with Crippen LogP contribution >= 0.6 is 27.5 Å². The van der Waals surface area contributed by atoms with Crippen LogP contribution in [0.1, 0.15) is 11.4 Å². The fourth-order valence-electron chi connectivity index (χ4n) is 2.33.